The molecule has 7 nitrogen and oxygen atoms in total. The number of rotatable bonds is 5. The smallest absolute Gasteiger partial charge is 0.253 e. The zero-order chi connectivity index (χ0) is 22.6. The number of ether oxygens (including phenoxy) is 1. The zero-order valence-electron chi connectivity index (χ0n) is 19.2. The van der Waals surface area contributed by atoms with Crippen LogP contribution in [0.25, 0.3) is 11.3 Å². The maximum atomic E-state index is 12.7. The number of amides is 1. The molecule has 3 aromatic rings. The first-order valence-electron chi connectivity index (χ1n) is 11.9. The highest BCUT2D eigenvalue weighted by atomic mass is 16.5. The number of anilines is 1. The second-order valence-corrected chi connectivity index (χ2v) is 8.96. The molecule has 2 saturated heterocycles. The van der Waals surface area contributed by atoms with Crippen molar-refractivity contribution in [1.82, 2.24) is 19.9 Å². The molecule has 2 fully saturated rings. The van der Waals surface area contributed by atoms with Gasteiger partial charge in [-0.15, -0.1) is 5.10 Å². The maximum Gasteiger partial charge on any atom is 0.253 e. The van der Waals surface area contributed by atoms with E-state index < -0.39 is 0 Å². The number of hydrogen-bond acceptors (Lipinski definition) is 5. The van der Waals surface area contributed by atoms with Crippen LogP contribution in [0.3, 0.4) is 0 Å². The molecule has 1 amide bonds. The average molecular weight is 446 g/mol. The summed E-state index contributed by atoms with van der Waals surface area (Å²) in [4.78, 5) is 17.0. The number of hydrogen-bond donors (Lipinski definition) is 0. The van der Waals surface area contributed by atoms with Gasteiger partial charge >= 0.3 is 0 Å². The molecule has 1 unspecified atom stereocenters. The van der Waals surface area contributed by atoms with Gasteiger partial charge in [0.25, 0.3) is 5.91 Å². The standard InChI is InChI=1S/C26H31N5O2/c1-20-17-22(29-12-14-30(15-13-29)26(32)21-7-3-2-4-8-21)10-11-24(20)25-19-31(28-27-25)18-23-9-5-6-16-33-23/h2-4,7-8,10-11,17,19,23H,5-6,9,12-16,18H2,1H3. The Balaban J connectivity index is 1.21. The SMILES string of the molecule is Cc1cc(N2CCN(C(=O)c3ccccc3)CC2)ccc1-c1cn(CC2CCCCO2)nn1. The molecule has 0 radical (unpaired) electrons. The second kappa shape index (κ2) is 9.75. The summed E-state index contributed by atoms with van der Waals surface area (Å²) in [6.45, 7) is 6.84. The number of carbonyl (C=O) groups excluding carboxylic acids is 1. The molecule has 0 spiro atoms. The summed E-state index contributed by atoms with van der Waals surface area (Å²) >= 11 is 0. The minimum Gasteiger partial charge on any atom is -0.376 e. The predicted molar refractivity (Wildman–Crippen MR) is 128 cm³/mol. The van der Waals surface area contributed by atoms with E-state index in [2.05, 4.69) is 40.3 Å². The van der Waals surface area contributed by atoms with Crippen molar-refractivity contribution in [2.75, 3.05) is 37.7 Å². The predicted octanol–water partition coefficient (Wildman–Crippen LogP) is 3.79. The Morgan fingerprint density at radius 3 is 2.61 bits per heavy atom. The normalized spacial score (nSPS) is 19.0. The van der Waals surface area contributed by atoms with Gasteiger partial charge in [0, 0.05) is 49.6 Å². The van der Waals surface area contributed by atoms with E-state index in [0.29, 0.717) is 0 Å². The average Bonchev–Trinajstić information content (AvgIpc) is 3.33. The van der Waals surface area contributed by atoms with Crippen molar-refractivity contribution in [2.45, 2.75) is 38.8 Å². The van der Waals surface area contributed by atoms with Gasteiger partial charge < -0.3 is 14.5 Å². The van der Waals surface area contributed by atoms with E-state index in [4.69, 9.17) is 4.74 Å². The Hall–Kier alpha value is -3.19. The summed E-state index contributed by atoms with van der Waals surface area (Å²) in [6, 6.07) is 16.0. The number of benzene rings is 2. The van der Waals surface area contributed by atoms with E-state index in [0.717, 1.165) is 69.0 Å². The van der Waals surface area contributed by atoms with Crippen LogP contribution in [-0.2, 0) is 11.3 Å². The zero-order valence-corrected chi connectivity index (χ0v) is 19.2. The van der Waals surface area contributed by atoms with Crippen LogP contribution < -0.4 is 4.90 Å². The number of aromatic nitrogens is 3. The first-order chi connectivity index (χ1) is 16.2. The Labute approximate surface area is 195 Å². The number of carbonyl (C=O) groups is 1. The summed E-state index contributed by atoms with van der Waals surface area (Å²) in [5.74, 6) is 0.114. The van der Waals surface area contributed by atoms with Gasteiger partial charge in [-0.3, -0.25) is 4.79 Å². The van der Waals surface area contributed by atoms with E-state index in [1.807, 2.05) is 46.1 Å². The molecule has 5 rings (SSSR count). The Morgan fingerprint density at radius 1 is 1.06 bits per heavy atom. The molecular weight excluding hydrogens is 414 g/mol. The topological polar surface area (TPSA) is 63.5 Å². The quantitative estimate of drug-likeness (QED) is 0.598. The summed E-state index contributed by atoms with van der Waals surface area (Å²) in [6.07, 6.45) is 5.73. The molecule has 2 aliphatic rings. The molecule has 0 saturated carbocycles. The third-order valence-corrected chi connectivity index (χ3v) is 6.64. The highest BCUT2D eigenvalue weighted by Crippen LogP contribution is 2.27. The van der Waals surface area contributed by atoms with Crippen LogP contribution in [0.15, 0.2) is 54.7 Å². The fourth-order valence-electron chi connectivity index (χ4n) is 4.73. The highest BCUT2D eigenvalue weighted by Gasteiger charge is 2.23. The number of aryl methyl sites for hydroxylation is 1. The van der Waals surface area contributed by atoms with Crippen LogP contribution in [0.1, 0.15) is 35.2 Å². The fourth-order valence-corrected chi connectivity index (χ4v) is 4.73. The Bertz CT molecular complexity index is 1080. The van der Waals surface area contributed by atoms with Crippen molar-refractivity contribution in [3.63, 3.8) is 0 Å². The number of nitrogens with zero attached hydrogens (tertiary/aromatic N) is 5. The summed E-state index contributed by atoms with van der Waals surface area (Å²) < 4.78 is 7.74. The Kier molecular flexibility index (Phi) is 6.39. The lowest BCUT2D eigenvalue weighted by Crippen LogP contribution is -2.48. The van der Waals surface area contributed by atoms with E-state index in [9.17, 15) is 4.79 Å². The van der Waals surface area contributed by atoms with Crippen molar-refractivity contribution in [2.24, 2.45) is 0 Å². The minimum atomic E-state index is 0.114. The van der Waals surface area contributed by atoms with Gasteiger partial charge in [-0.25, -0.2) is 4.68 Å². The lowest BCUT2D eigenvalue weighted by Gasteiger charge is -2.36. The van der Waals surface area contributed by atoms with E-state index in [-0.39, 0.29) is 12.0 Å². The van der Waals surface area contributed by atoms with Crippen molar-refractivity contribution in [3.8, 4) is 11.3 Å². The molecule has 33 heavy (non-hydrogen) atoms. The molecule has 2 aromatic carbocycles. The van der Waals surface area contributed by atoms with Crippen LogP contribution in [0.4, 0.5) is 5.69 Å². The summed E-state index contributed by atoms with van der Waals surface area (Å²) in [5, 5.41) is 8.74. The molecule has 1 atom stereocenters. The maximum absolute atomic E-state index is 12.7. The minimum absolute atomic E-state index is 0.114. The molecule has 3 heterocycles. The van der Waals surface area contributed by atoms with Crippen LogP contribution in [-0.4, -0.2) is 64.7 Å². The molecule has 0 bridgehead atoms. The van der Waals surface area contributed by atoms with Crippen molar-refractivity contribution in [3.05, 3.63) is 65.9 Å². The van der Waals surface area contributed by atoms with Gasteiger partial charge in [0.15, 0.2) is 0 Å². The first kappa shape index (κ1) is 21.6. The van der Waals surface area contributed by atoms with Gasteiger partial charge in [-0.05, 0) is 56.0 Å². The van der Waals surface area contributed by atoms with Gasteiger partial charge in [0.05, 0.1) is 18.8 Å². The van der Waals surface area contributed by atoms with Crippen LogP contribution in [0, 0.1) is 6.92 Å². The van der Waals surface area contributed by atoms with Crippen LogP contribution in [0.2, 0.25) is 0 Å². The molecular formula is C26H31N5O2. The molecule has 1 aromatic heterocycles. The van der Waals surface area contributed by atoms with Gasteiger partial charge in [0.1, 0.15) is 5.69 Å². The monoisotopic (exact) mass is 445 g/mol. The molecule has 0 N–H and O–H groups in total. The summed E-state index contributed by atoms with van der Waals surface area (Å²) in [5.41, 5.74) is 5.12. The highest BCUT2D eigenvalue weighted by molar-refractivity contribution is 5.94. The van der Waals surface area contributed by atoms with E-state index >= 15 is 0 Å². The van der Waals surface area contributed by atoms with Gasteiger partial charge in [-0.2, -0.15) is 0 Å². The third kappa shape index (κ3) is 4.93. The Morgan fingerprint density at radius 2 is 1.88 bits per heavy atom. The second-order valence-electron chi connectivity index (χ2n) is 8.96. The van der Waals surface area contributed by atoms with Crippen molar-refractivity contribution in [1.29, 1.82) is 0 Å². The summed E-state index contributed by atoms with van der Waals surface area (Å²) in [7, 11) is 0. The van der Waals surface area contributed by atoms with Crippen molar-refractivity contribution < 1.29 is 9.53 Å². The lowest BCUT2D eigenvalue weighted by atomic mass is 10.0. The molecule has 0 aliphatic carbocycles. The van der Waals surface area contributed by atoms with Crippen molar-refractivity contribution >= 4 is 11.6 Å². The van der Waals surface area contributed by atoms with Crippen LogP contribution >= 0.6 is 0 Å². The first-order valence-corrected chi connectivity index (χ1v) is 11.9. The van der Waals surface area contributed by atoms with Gasteiger partial charge in [-0.1, -0.05) is 29.5 Å². The largest absolute Gasteiger partial charge is 0.376 e. The molecule has 172 valence electrons. The van der Waals surface area contributed by atoms with E-state index in [1.165, 1.54) is 17.7 Å². The fraction of sp³-hybridized carbons (Fsp3) is 0.423. The molecule has 7 heteroatoms. The molecule has 2 aliphatic heterocycles. The van der Waals surface area contributed by atoms with Crippen LogP contribution in [0.5, 0.6) is 0 Å². The lowest BCUT2D eigenvalue weighted by molar-refractivity contribution is 0.00370. The van der Waals surface area contributed by atoms with Gasteiger partial charge in [0.2, 0.25) is 0 Å². The number of piperazine rings is 1. The van der Waals surface area contributed by atoms with E-state index in [1.54, 1.807) is 0 Å². The third-order valence-electron chi connectivity index (χ3n) is 6.64.